The Morgan fingerprint density at radius 2 is 2.00 bits per heavy atom. The number of halogens is 1. The first-order valence-electron chi connectivity index (χ1n) is 6.77. The molecule has 112 valence electrons. The summed E-state index contributed by atoms with van der Waals surface area (Å²) in [5.41, 5.74) is 7.09. The van der Waals surface area contributed by atoms with Gasteiger partial charge in [-0.3, -0.25) is 0 Å². The van der Waals surface area contributed by atoms with Crippen molar-refractivity contribution in [3.63, 3.8) is 0 Å². The fraction of sp³-hybridized carbons (Fsp3) is 0.500. The van der Waals surface area contributed by atoms with Crippen molar-refractivity contribution < 1.29 is 10.3 Å². The van der Waals surface area contributed by atoms with Gasteiger partial charge < -0.3 is 21.4 Å². The minimum atomic E-state index is 0.0512. The molecule has 20 heavy (non-hydrogen) atoms. The number of amidine groups is 1. The summed E-state index contributed by atoms with van der Waals surface area (Å²) in [6, 6.07) is 5.34. The molecule has 0 amide bonds. The molecule has 0 radical (unpaired) electrons. The lowest BCUT2D eigenvalue weighted by molar-refractivity contribution is 0.282. The van der Waals surface area contributed by atoms with Gasteiger partial charge in [0.05, 0.1) is 0 Å². The molecule has 0 fully saturated rings. The molecule has 0 spiro atoms. The standard InChI is InChI=1S/C14H22ClN3O2/c15-13-9-11(14(16)18-20)5-6-12(13)10-17-7-3-1-2-4-8-19/h5-6,9,17,19-20H,1-4,7-8,10H2,(H2,16,18). The molecule has 0 saturated carbocycles. The Bertz CT molecular complexity index is 438. The lowest BCUT2D eigenvalue weighted by Gasteiger charge is -2.08. The highest BCUT2D eigenvalue weighted by atomic mass is 35.5. The van der Waals surface area contributed by atoms with Crippen LogP contribution in [0.3, 0.4) is 0 Å². The number of aliphatic hydroxyl groups is 1. The van der Waals surface area contributed by atoms with E-state index >= 15 is 0 Å². The predicted molar refractivity (Wildman–Crippen MR) is 81.2 cm³/mol. The summed E-state index contributed by atoms with van der Waals surface area (Å²) in [4.78, 5) is 0. The SMILES string of the molecule is N/C(=N/O)c1ccc(CNCCCCCCO)c(Cl)c1. The van der Waals surface area contributed by atoms with E-state index in [-0.39, 0.29) is 12.4 Å². The number of nitrogens with two attached hydrogens (primary N) is 1. The zero-order valence-electron chi connectivity index (χ0n) is 11.5. The van der Waals surface area contributed by atoms with E-state index in [1.165, 1.54) is 0 Å². The van der Waals surface area contributed by atoms with Gasteiger partial charge in [-0.2, -0.15) is 0 Å². The van der Waals surface area contributed by atoms with Crippen molar-refractivity contribution in [1.29, 1.82) is 0 Å². The van der Waals surface area contributed by atoms with Crippen LogP contribution < -0.4 is 11.1 Å². The van der Waals surface area contributed by atoms with Crippen LogP contribution in [-0.2, 0) is 6.54 Å². The minimum absolute atomic E-state index is 0.0512. The molecule has 0 aliphatic carbocycles. The Morgan fingerprint density at radius 1 is 1.25 bits per heavy atom. The van der Waals surface area contributed by atoms with E-state index in [1.807, 2.05) is 6.07 Å². The average molecular weight is 300 g/mol. The van der Waals surface area contributed by atoms with Crippen molar-refractivity contribution in [2.45, 2.75) is 32.2 Å². The second kappa shape index (κ2) is 9.58. The number of nitrogens with one attached hydrogen (secondary N) is 1. The molecule has 0 bridgehead atoms. The average Bonchev–Trinajstić information content (AvgIpc) is 2.46. The molecular weight excluding hydrogens is 278 g/mol. The molecule has 0 heterocycles. The molecule has 0 aromatic heterocycles. The maximum absolute atomic E-state index is 8.66. The Balaban J connectivity index is 2.34. The van der Waals surface area contributed by atoms with Crippen LogP contribution >= 0.6 is 11.6 Å². The number of unbranched alkanes of at least 4 members (excludes halogenated alkanes) is 3. The number of nitrogens with zero attached hydrogens (tertiary/aromatic N) is 1. The maximum atomic E-state index is 8.66. The number of hydrogen-bond donors (Lipinski definition) is 4. The topological polar surface area (TPSA) is 90.9 Å². The molecule has 0 unspecified atom stereocenters. The van der Waals surface area contributed by atoms with Crippen molar-refractivity contribution in [3.8, 4) is 0 Å². The van der Waals surface area contributed by atoms with Crippen molar-refractivity contribution in [2.24, 2.45) is 10.9 Å². The van der Waals surface area contributed by atoms with Crippen LogP contribution in [0.5, 0.6) is 0 Å². The first-order chi connectivity index (χ1) is 9.69. The number of benzene rings is 1. The summed E-state index contributed by atoms with van der Waals surface area (Å²) in [6.45, 7) is 1.88. The van der Waals surface area contributed by atoms with E-state index in [4.69, 9.17) is 27.6 Å². The summed E-state index contributed by atoms with van der Waals surface area (Å²) in [5.74, 6) is 0.0512. The van der Waals surface area contributed by atoms with Gasteiger partial charge in [0, 0.05) is 23.7 Å². The number of rotatable bonds is 9. The second-order valence-electron chi connectivity index (χ2n) is 4.61. The van der Waals surface area contributed by atoms with E-state index in [1.54, 1.807) is 12.1 Å². The molecule has 1 aromatic rings. The van der Waals surface area contributed by atoms with E-state index in [0.29, 0.717) is 17.1 Å². The summed E-state index contributed by atoms with van der Waals surface area (Å²) in [7, 11) is 0. The van der Waals surface area contributed by atoms with Crippen LogP contribution in [0.1, 0.15) is 36.8 Å². The number of aliphatic hydroxyl groups excluding tert-OH is 1. The third-order valence-electron chi connectivity index (χ3n) is 3.03. The normalized spacial score (nSPS) is 11.8. The van der Waals surface area contributed by atoms with E-state index < -0.39 is 0 Å². The zero-order chi connectivity index (χ0) is 14.8. The van der Waals surface area contributed by atoms with Crippen LogP contribution in [0.4, 0.5) is 0 Å². The summed E-state index contributed by atoms with van der Waals surface area (Å²) < 4.78 is 0. The highest BCUT2D eigenvalue weighted by Gasteiger charge is 2.04. The largest absolute Gasteiger partial charge is 0.409 e. The van der Waals surface area contributed by atoms with Gasteiger partial charge in [-0.1, -0.05) is 41.7 Å². The van der Waals surface area contributed by atoms with Gasteiger partial charge in [-0.15, -0.1) is 0 Å². The Morgan fingerprint density at radius 3 is 2.65 bits per heavy atom. The first-order valence-corrected chi connectivity index (χ1v) is 7.14. The Hall–Kier alpha value is -1.30. The monoisotopic (exact) mass is 299 g/mol. The van der Waals surface area contributed by atoms with Crippen LogP contribution in [0.15, 0.2) is 23.4 Å². The van der Waals surface area contributed by atoms with Crippen molar-refractivity contribution in [3.05, 3.63) is 34.3 Å². The molecule has 6 heteroatoms. The molecule has 5 N–H and O–H groups in total. The van der Waals surface area contributed by atoms with E-state index in [2.05, 4.69) is 10.5 Å². The third kappa shape index (κ3) is 5.77. The fourth-order valence-electron chi connectivity index (χ4n) is 1.85. The molecule has 0 aliphatic heterocycles. The number of oxime groups is 1. The van der Waals surface area contributed by atoms with Crippen molar-refractivity contribution >= 4 is 17.4 Å². The van der Waals surface area contributed by atoms with Crippen LogP contribution in [-0.4, -0.2) is 29.3 Å². The molecule has 0 aliphatic rings. The lowest BCUT2D eigenvalue weighted by Crippen LogP contribution is -2.16. The highest BCUT2D eigenvalue weighted by Crippen LogP contribution is 2.17. The van der Waals surface area contributed by atoms with Crippen LogP contribution in [0.2, 0.25) is 5.02 Å². The van der Waals surface area contributed by atoms with Gasteiger partial charge in [0.15, 0.2) is 5.84 Å². The fourth-order valence-corrected chi connectivity index (χ4v) is 2.09. The van der Waals surface area contributed by atoms with Gasteiger partial charge in [-0.05, 0) is 31.0 Å². The molecule has 1 rings (SSSR count). The van der Waals surface area contributed by atoms with E-state index in [9.17, 15) is 0 Å². The molecule has 0 atom stereocenters. The smallest absolute Gasteiger partial charge is 0.170 e. The maximum Gasteiger partial charge on any atom is 0.170 e. The number of hydrogen-bond acceptors (Lipinski definition) is 4. The second-order valence-corrected chi connectivity index (χ2v) is 5.01. The van der Waals surface area contributed by atoms with Gasteiger partial charge >= 0.3 is 0 Å². The van der Waals surface area contributed by atoms with Gasteiger partial charge in [0.1, 0.15) is 0 Å². The third-order valence-corrected chi connectivity index (χ3v) is 3.39. The minimum Gasteiger partial charge on any atom is -0.409 e. The van der Waals surface area contributed by atoms with Crippen molar-refractivity contribution in [1.82, 2.24) is 5.32 Å². The lowest BCUT2D eigenvalue weighted by atomic mass is 10.1. The quantitative estimate of drug-likeness (QED) is 0.185. The Labute approximate surface area is 124 Å². The summed E-state index contributed by atoms with van der Waals surface area (Å²) >= 11 is 6.15. The first kappa shape index (κ1) is 16.8. The molecule has 0 saturated heterocycles. The molecular formula is C14H22ClN3O2. The van der Waals surface area contributed by atoms with Gasteiger partial charge in [-0.25, -0.2) is 0 Å². The summed E-state index contributed by atoms with van der Waals surface area (Å²) in [6.07, 6.45) is 4.14. The zero-order valence-corrected chi connectivity index (χ0v) is 12.2. The van der Waals surface area contributed by atoms with Crippen LogP contribution in [0, 0.1) is 0 Å². The van der Waals surface area contributed by atoms with E-state index in [0.717, 1.165) is 37.8 Å². The highest BCUT2D eigenvalue weighted by molar-refractivity contribution is 6.31. The van der Waals surface area contributed by atoms with Crippen molar-refractivity contribution in [2.75, 3.05) is 13.2 Å². The van der Waals surface area contributed by atoms with Gasteiger partial charge in [0.25, 0.3) is 0 Å². The van der Waals surface area contributed by atoms with Crippen LogP contribution in [0.25, 0.3) is 0 Å². The summed E-state index contributed by atoms with van der Waals surface area (Å²) in [5, 5.41) is 24.1. The Kier molecular flexibility index (Phi) is 8.02. The molecule has 5 nitrogen and oxygen atoms in total. The molecule has 1 aromatic carbocycles. The predicted octanol–water partition coefficient (Wildman–Crippen LogP) is 2.08. The van der Waals surface area contributed by atoms with Gasteiger partial charge in [0.2, 0.25) is 0 Å².